The highest BCUT2D eigenvalue weighted by molar-refractivity contribution is 5.76. The molecule has 9 nitrogen and oxygen atoms in total. The first-order valence-corrected chi connectivity index (χ1v) is 22.2. The molecule has 1 amide bonds. The SMILES string of the molecule is CCCCCCCCCCCCCCCCCCC(=O)NC(COC1OC(CO)C(O)C(O)C1O)C(O)CCCCCCCCCCCCCCC. The van der Waals surface area contributed by atoms with Gasteiger partial charge in [-0.2, -0.15) is 0 Å². The van der Waals surface area contributed by atoms with E-state index in [1.165, 1.54) is 148 Å². The topological polar surface area (TPSA) is 149 Å². The normalized spacial score (nSPS) is 21.7. The molecule has 0 aromatic heterocycles. The number of unbranched alkanes of at least 4 members (excludes halogenated alkanes) is 27. The van der Waals surface area contributed by atoms with Gasteiger partial charge in [-0.25, -0.2) is 0 Å². The molecule has 0 radical (unpaired) electrons. The van der Waals surface area contributed by atoms with Crippen LogP contribution in [0.4, 0.5) is 0 Å². The lowest BCUT2D eigenvalue weighted by molar-refractivity contribution is -0.302. The van der Waals surface area contributed by atoms with Crippen molar-refractivity contribution in [1.82, 2.24) is 5.32 Å². The van der Waals surface area contributed by atoms with E-state index < -0.39 is 49.5 Å². The zero-order valence-corrected chi connectivity index (χ0v) is 33.8. The van der Waals surface area contributed by atoms with Crippen molar-refractivity contribution in [2.24, 2.45) is 0 Å². The van der Waals surface area contributed by atoms with E-state index in [4.69, 9.17) is 9.47 Å². The van der Waals surface area contributed by atoms with Crippen molar-refractivity contribution in [3.8, 4) is 0 Å². The zero-order chi connectivity index (χ0) is 38.1. The molecule has 0 aromatic carbocycles. The van der Waals surface area contributed by atoms with Crippen molar-refractivity contribution in [2.45, 2.75) is 256 Å². The molecule has 1 heterocycles. The molecule has 1 aliphatic heterocycles. The molecule has 0 aliphatic carbocycles. The smallest absolute Gasteiger partial charge is 0.220 e. The van der Waals surface area contributed by atoms with Crippen LogP contribution in [0.3, 0.4) is 0 Å². The van der Waals surface area contributed by atoms with Crippen molar-refractivity contribution >= 4 is 5.91 Å². The monoisotopic (exact) mass is 744 g/mol. The predicted octanol–water partition coefficient (Wildman–Crippen LogP) is 8.78. The molecule has 6 N–H and O–H groups in total. The number of rotatable bonds is 37. The van der Waals surface area contributed by atoms with Crippen LogP contribution in [0, 0.1) is 0 Å². The Balaban J connectivity index is 2.33. The maximum Gasteiger partial charge on any atom is 0.220 e. The molecule has 0 bridgehead atoms. The molecular weight excluding hydrogens is 658 g/mol. The molecule has 1 rings (SSSR count). The van der Waals surface area contributed by atoms with Crippen molar-refractivity contribution < 1.29 is 39.8 Å². The number of carbonyl (C=O) groups excluding carboxylic acids is 1. The first-order valence-electron chi connectivity index (χ1n) is 22.2. The standard InChI is InChI=1S/C43H85NO8/c1-3-5-7-9-11-13-15-17-18-19-21-23-25-27-29-31-33-39(47)44-36(35-51-43-42(50)41(49)40(48)38(34-45)52-43)37(46)32-30-28-26-24-22-20-16-14-12-10-8-6-4-2/h36-38,40-43,45-46,48-50H,3-35H2,1-2H3,(H,44,47). The quantitative estimate of drug-likeness (QED) is 0.0346. The van der Waals surface area contributed by atoms with E-state index in [1.807, 2.05) is 0 Å². The van der Waals surface area contributed by atoms with Crippen molar-refractivity contribution in [2.75, 3.05) is 13.2 Å². The highest BCUT2D eigenvalue weighted by atomic mass is 16.7. The second kappa shape index (κ2) is 34.7. The third kappa shape index (κ3) is 25.3. The minimum Gasteiger partial charge on any atom is -0.394 e. The second-order valence-corrected chi connectivity index (χ2v) is 15.9. The van der Waals surface area contributed by atoms with Gasteiger partial charge in [0.05, 0.1) is 25.4 Å². The third-order valence-electron chi connectivity index (χ3n) is 11.0. The summed E-state index contributed by atoms with van der Waals surface area (Å²) in [5.74, 6) is -0.142. The summed E-state index contributed by atoms with van der Waals surface area (Å²) in [5, 5.41) is 54.2. The maximum atomic E-state index is 12.9. The number of ether oxygens (including phenoxy) is 2. The lowest BCUT2D eigenvalue weighted by Crippen LogP contribution is -2.60. The van der Waals surface area contributed by atoms with Crippen LogP contribution < -0.4 is 5.32 Å². The van der Waals surface area contributed by atoms with Crippen LogP contribution in [0.25, 0.3) is 0 Å². The molecule has 7 unspecified atom stereocenters. The first-order chi connectivity index (χ1) is 25.3. The van der Waals surface area contributed by atoms with E-state index in [9.17, 15) is 30.3 Å². The first kappa shape index (κ1) is 49.2. The van der Waals surface area contributed by atoms with Crippen molar-refractivity contribution in [3.05, 3.63) is 0 Å². The Bertz CT molecular complexity index is 786. The summed E-state index contributed by atoms with van der Waals surface area (Å²) in [7, 11) is 0. The minimum atomic E-state index is -1.55. The van der Waals surface area contributed by atoms with Gasteiger partial charge in [0, 0.05) is 6.42 Å². The van der Waals surface area contributed by atoms with Crippen LogP contribution in [0.2, 0.25) is 0 Å². The van der Waals surface area contributed by atoms with E-state index in [0.29, 0.717) is 12.8 Å². The average molecular weight is 744 g/mol. The van der Waals surface area contributed by atoms with Gasteiger partial charge in [0.1, 0.15) is 24.4 Å². The summed E-state index contributed by atoms with van der Waals surface area (Å²) in [6.07, 6.45) is 29.6. The van der Waals surface area contributed by atoms with Crippen LogP contribution >= 0.6 is 0 Å². The van der Waals surface area contributed by atoms with E-state index >= 15 is 0 Å². The van der Waals surface area contributed by atoms with Crippen LogP contribution in [0.15, 0.2) is 0 Å². The van der Waals surface area contributed by atoms with E-state index in [2.05, 4.69) is 19.2 Å². The zero-order valence-electron chi connectivity index (χ0n) is 33.8. The molecule has 310 valence electrons. The van der Waals surface area contributed by atoms with Gasteiger partial charge in [0.25, 0.3) is 0 Å². The summed E-state index contributed by atoms with van der Waals surface area (Å²) < 4.78 is 11.2. The van der Waals surface area contributed by atoms with Gasteiger partial charge in [-0.05, 0) is 12.8 Å². The summed E-state index contributed by atoms with van der Waals surface area (Å²) >= 11 is 0. The molecule has 1 aliphatic rings. The number of aliphatic hydroxyl groups excluding tert-OH is 5. The fraction of sp³-hybridized carbons (Fsp3) is 0.977. The molecule has 7 atom stereocenters. The van der Waals surface area contributed by atoms with Gasteiger partial charge in [0.15, 0.2) is 6.29 Å². The van der Waals surface area contributed by atoms with Crippen LogP contribution in [0.5, 0.6) is 0 Å². The van der Waals surface area contributed by atoms with E-state index in [-0.39, 0.29) is 12.5 Å². The van der Waals surface area contributed by atoms with Crippen LogP contribution in [0.1, 0.15) is 213 Å². The molecule has 0 saturated carbocycles. The number of carbonyl (C=O) groups is 1. The lowest BCUT2D eigenvalue weighted by Gasteiger charge is -2.40. The summed E-state index contributed by atoms with van der Waals surface area (Å²) in [4.78, 5) is 12.9. The molecule has 9 heteroatoms. The van der Waals surface area contributed by atoms with Crippen molar-refractivity contribution in [3.63, 3.8) is 0 Å². The molecular formula is C43H85NO8. The van der Waals surface area contributed by atoms with Gasteiger partial charge in [-0.15, -0.1) is 0 Å². The minimum absolute atomic E-state index is 0.132. The third-order valence-corrected chi connectivity index (χ3v) is 11.0. The lowest BCUT2D eigenvalue weighted by atomic mass is 9.99. The second-order valence-electron chi connectivity index (χ2n) is 15.9. The predicted molar refractivity (Wildman–Crippen MR) is 212 cm³/mol. The van der Waals surface area contributed by atoms with E-state index in [1.54, 1.807) is 0 Å². The molecule has 52 heavy (non-hydrogen) atoms. The Labute approximate surface area is 319 Å². The fourth-order valence-electron chi connectivity index (χ4n) is 7.34. The number of amides is 1. The average Bonchev–Trinajstić information content (AvgIpc) is 3.14. The number of aliphatic hydroxyl groups is 5. The van der Waals surface area contributed by atoms with Gasteiger partial charge >= 0.3 is 0 Å². The fourth-order valence-corrected chi connectivity index (χ4v) is 7.34. The Morgan fingerprint density at radius 3 is 1.37 bits per heavy atom. The molecule has 1 fully saturated rings. The van der Waals surface area contributed by atoms with Gasteiger partial charge in [-0.1, -0.05) is 194 Å². The molecule has 1 saturated heterocycles. The summed E-state index contributed by atoms with van der Waals surface area (Å²) in [6.45, 7) is 3.84. The van der Waals surface area contributed by atoms with Gasteiger partial charge in [-0.3, -0.25) is 4.79 Å². The summed E-state index contributed by atoms with van der Waals surface area (Å²) in [5.41, 5.74) is 0. The van der Waals surface area contributed by atoms with Gasteiger partial charge < -0.3 is 40.3 Å². The molecule has 0 aromatic rings. The van der Waals surface area contributed by atoms with Crippen LogP contribution in [-0.4, -0.2) is 87.5 Å². The largest absolute Gasteiger partial charge is 0.394 e. The summed E-state index contributed by atoms with van der Waals surface area (Å²) in [6, 6.07) is -0.710. The Morgan fingerprint density at radius 1 is 0.577 bits per heavy atom. The Hall–Kier alpha value is -0.810. The highest BCUT2D eigenvalue weighted by Crippen LogP contribution is 2.23. The number of nitrogens with one attached hydrogen (secondary N) is 1. The Kier molecular flexibility index (Phi) is 32.8. The maximum absolute atomic E-state index is 12.9. The van der Waals surface area contributed by atoms with Gasteiger partial charge in [0.2, 0.25) is 5.91 Å². The number of hydrogen-bond acceptors (Lipinski definition) is 8. The van der Waals surface area contributed by atoms with Crippen molar-refractivity contribution in [1.29, 1.82) is 0 Å². The van der Waals surface area contributed by atoms with Crippen LogP contribution in [-0.2, 0) is 14.3 Å². The molecule has 0 spiro atoms. The number of hydrogen-bond donors (Lipinski definition) is 6. The highest BCUT2D eigenvalue weighted by Gasteiger charge is 2.44. The van der Waals surface area contributed by atoms with E-state index in [0.717, 1.165) is 38.5 Å². The Morgan fingerprint density at radius 2 is 0.962 bits per heavy atom.